The molecule has 11 heteroatoms. The second-order valence-electron chi connectivity index (χ2n) is 6.81. The molecular weight excluding hydrogens is 428 g/mol. The van der Waals surface area contributed by atoms with Crippen molar-refractivity contribution in [2.75, 3.05) is 23.4 Å². The Hall–Kier alpha value is -2.92. The summed E-state index contributed by atoms with van der Waals surface area (Å²) in [5, 5.41) is 3.33. The Kier molecular flexibility index (Phi) is 6.13. The molecule has 0 saturated carbocycles. The van der Waals surface area contributed by atoms with Gasteiger partial charge in [0, 0.05) is 29.5 Å². The number of H-pyrrole nitrogens is 1. The van der Waals surface area contributed by atoms with Crippen molar-refractivity contribution in [1.29, 1.82) is 0 Å². The van der Waals surface area contributed by atoms with Gasteiger partial charge in [-0.1, -0.05) is 0 Å². The number of thiophene rings is 1. The minimum Gasteiger partial charge on any atom is -0.494 e. The number of aryl methyl sites for hydroxylation is 3. The number of fused-ring (bicyclic) bond motifs is 1. The number of aromatic nitrogens is 2. The highest BCUT2D eigenvalue weighted by Gasteiger charge is 2.14. The molecule has 1 aromatic carbocycles. The lowest BCUT2D eigenvalue weighted by Crippen LogP contribution is -2.16. The predicted octanol–water partition coefficient (Wildman–Crippen LogP) is 2.55. The van der Waals surface area contributed by atoms with Crippen molar-refractivity contribution in [2.24, 2.45) is 0 Å². The first kappa shape index (κ1) is 21.8. The van der Waals surface area contributed by atoms with E-state index in [0.717, 1.165) is 16.7 Å². The molecule has 0 aliphatic rings. The number of ether oxygens (including phenoxy) is 1. The van der Waals surface area contributed by atoms with Gasteiger partial charge < -0.3 is 15.0 Å². The number of sulfonamides is 1. The number of nitrogens with zero attached hydrogens (tertiary/aromatic N) is 1. The topological polar surface area (TPSA) is 130 Å². The van der Waals surface area contributed by atoms with E-state index >= 15 is 0 Å². The molecule has 0 spiro atoms. The summed E-state index contributed by atoms with van der Waals surface area (Å²) in [4.78, 5) is 33.6. The van der Waals surface area contributed by atoms with Crippen LogP contribution in [0, 0.1) is 13.8 Å². The Morgan fingerprint density at radius 3 is 2.70 bits per heavy atom. The first-order chi connectivity index (χ1) is 14.1. The van der Waals surface area contributed by atoms with E-state index in [1.54, 1.807) is 6.07 Å². The van der Waals surface area contributed by atoms with E-state index in [9.17, 15) is 18.0 Å². The number of benzene rings is 1. The molecule has 0 aliphatic heterocycles. The molecule has 1 amide bonds. The predicted molar refractivity (Wildman–Crippen MR) is 118 cm³/mol. The number of nitrogens with one attached hydrogen (secondary N) is 3. The number of anilines is 2. The number of aromatic amines is 1. The number of rotatable bonds is 7. The normalized spacial score (nSPS) is 11.5. The number of hydrogen-bond donors (Lipinski definition) is 3. The minimum absolute atomic E-state index is 0.115. The molecule has 0 bridgehead atoms. The molecule has 2 heterocycles. The van der Waals surface area contributed by atoms with E-state index in [1.165, 1.54) is 30.6 Å². The highest BCUT2D eigenvalue weighted by atomic mass is 32.2. The molecule has 30 heavy (non-hydrogen) atoms. The maximum Gasteiger partial charge on any atom is 0.259 e. The highest BCUT2D eigenvalue weighted by Crippen LogP contribution is 2.29. The van der Waals surface area contributed by atoms with Crippen molar-refractivity contribution in [2.45, 2.75) is 26.7 Å². The van der Waals surface area contributed by atoms with Crippen LogP contribution in [0.4, 0.5) is 11.4 Å². The van der Waals surface area contributed by atoms with E-state index < -0.39 is 10.0 Å². The molecule has 160 valence electrons. The van der Waals surface area contributed by atoms with Crippen molar-refractivity contribution in [3.05, 3.63) is 44.8 Å². The summed E-state index contributed by atoms with van der Waals surface area (Å²) in [7, 11) is -2.05. The van der Waals surface area contributed by atoms with Crippen LogP contribution in [0.15, 0.2) is 23.0 Å². The summed E-state index contributed by atoms with van der Waals surface area (Å²) in [5.74, 6) is 0.453. The third kappa shape index (κ3) is 4.97. The average molecular weight is 451 g/mol. The number of hydrogen-bond acceptors (Lipinski definition) is 7. The second kappa shape index (κ2) is 8.44. The molecule has 3 N–H and O–H groups in total. The average Bonchev–Trinajstić information content (AvgIpc) is 2.94. The SMILES string of the molecule is COc1cc(NC(=O)CCc2nc3sc(C)c(C)c3c(=O)[nH]2)ccc1NS(C)(=O)=O. The van der Waals surface area contributed by atoms with Gasteiger partial charge in [0.25, 0.3) is 5.56 Å². The van der Waals surface area contributed by atoms with Gasteiger partial charge in [-0.15, -0.1) is 11.3 Å². The highest BCUT2D eigenvalue weighted by molar-refractivity contribution is 7.92. The Labute approximate surface area is 177 Å². The largest absolute Gasteiger partial charge is 0.494 e. The van der Waals surface area contributed by atoms with Crippen LogP contribution < -0.4 is 20.3 Å². The monoisotopic (exact) mass is 450 g/mol. The molecule has 2 aromatic heterocycles. The van der Waals surface area contributed by atoms with Gasteiger partial charge in [-0.05, 0) is 31.5 Å². The smallest absolute Gasteiger partial charge is 0.259 e. The molecule has 3 aromatic rings. The standard InChI is InChI=1S/C19H22N4O5S2/c1-10-11(2)29-19-17(10)18(25)21-15(22-19)7-8-16(24)20-12-5-6-13(14(9-12)28-3)23-30(4,26)27/h5-6,9,23H,7-8H2,1-4H3,(H,20,24)(H,21,22,25). The Morgan fingerprint density at radius 1 is 1.30 bits per heavy atom. The van der Waals surface area contributed by atoms with Gasteiger partial charge >= 0.3 is 0 Å². The van der Waals surface area contributed by atoms with Crippen LogP contribution in [0.5, 0.6) is 5.75 Å². The lowest BCUT2D eigenvalue weighted by atomic mass is 10.2. The van der Waals surface area contributed by atoms with Gasteiger partial charge in [0.1, 0.15) is 16.4 Å². The summed E-state index contributed by atoms with van der Waals surface area (Å²) < 4.78 is 30.3. The zero-order valence-electron chi connectivity index (χ0n) is 17.0. The maximum absolute atomic E-state index is 12.3. The van der Waals surface area contributed by atoms with Crippen LogP contribution >= 0.6 is 11.3 Å². The number of carbonyl (C=O) groups excluding carboxylic acids is 1. The van der Waals surface area contributed by atoms with Gasteiger partial charge in [0.05, 0.1) is 24.4 Å². The van der Waals surface area contributed by atoms with Crippen molar-refractivity contribution in [3.63, 3.8) is 0 Å². The van der Waals surface area contributed by atoms with Crippen molar-refractivity contribution in [1.82, 2.24) is 9.97 Å². The van der Waals surface area contributed by atoms with Crippen molar-refractivity contribution in [3.8, 4) is 5.75 Å². The summed E-state index contributed by atoms with van der Waals surface area (Å²) in [5.41, 5.74) is 1.46. The molecule has 3 rings (SSSR count). The first-order valence-electron chi connectivity index (χ1n) is 9.02. The Balaban J connectivity index is 1.69. The van der Waals surface area contributed by atoms with Gasteiger partial charge in [-0.25, -0.2) is 13.4 Å². The second-order valence-corrected chi connectivity index (χ2v) is 9.77. The van der Waals surface area contributed by atoms with Crippen LogP contribution in [0.3, 0.4) is 0 Å². The molecule has 0 atom stereocenters. The van der Waals surface area contributed by atoms with Gasteiger partial charge in [0.15, 0.2) is 0 Å². The molecule has 0 unspecified atom stereocenters. The molecule has 0 aliphatic carbocycles. The van der Waals surface area contributed by atoms with Crippen LogP contribution in [-0.4, -0.2) is 37.7 Å². The molecular formula is C19H22N4O5S2. The van der Waals surface area contributed by atoms with Gasteiger partial charge in [-0.2, -0.15) is 0 Å². The van der Waals surface area contributed by atoms with E-state index in [-0.39, 0.29) is 35.7 Å². The summed E-state index contributed by atoms with van der Waals surface area (Å²) in [6.45, 7) is 3.84. The third-order valence-corrected chi connectivity index (χ3v) is 6.15. The van der Waals surface area contributed by atoms with E-state index in [0.29, 0.717) is 21.7 Å². The van der Waals surface area contributed by atoms with E-state index in [2.05, 4.69) is 20.0 Å². The van der Waals surface area contributed by atoms with Gasteiger partial charge in [0.2, 0.25) is 15.9 Å². The first-order valence-corrected chi connectivity index (χ1v) is 11.7. The van der Waals surface area contributed by atoms with Gasteiger partial charge in [-0.3, -0.25) is 14.3 Å². The fourth-order valence-electron chi connectivity index (χ4n) is 2.93. The summed E-state index contributed by atoms with van der Waals surface area (Å²) in [6, 6.07) is 4.59. The quantitative estimate of drug-likeness (QED) is 0.507. The molecule has 9 nitrogen and oxygen atoms in total. The maximum atomic E-state index is 12.3. The number of amides is 1. The van der Waals surface area contributed by atoms with Crippen LogP contribution in [0.1, 0.15) is 22.7 Å². The van der Waals surface area contributed by atoms with Crippen molar-refractivity contribution >= 4 is 48.9 Å². The van der Waals surface area contributed by atoms with E-state index in [1.807, 2.05) is 13.8 Å². The Bertz CT molecular complexity index is 1280. The van der Waals surface area contributed by atoms with Crippen molar-refractivity contribution < 1.29 is 17.9 Å². The summed E-state index contributed by atoms with van der Waals surface area (Å²) in [6.07, 6.45) is 1.43. The van der Waals surface area contributed by atoms with Crippen LogP contribution in [0.2, 0.25) is 0 Å². The number of methoxy groups -OCH3 is 1. The lowest BCUT2D eigenvalue weighted by Gasteiger charge is -2.12. The fraction of sp³-hybridized carbons (Fsp3) is 0.316. The fourth-order valence-corrected chi connectivity index (χ4v) is 4.54. The zero-order chi connectivity index (χ0) is 22.1. The lowest BCUT2D eigenvalue weighted by molar-refractivity contribution is -0.116. The summed E-state index contributed by atoms with van der Waals surface area (Å²) >= 11 is 1.46. The van der Waals surface area contributed by atoms with Crippen LogP contribution in [0.25, 0.3) is 10.2 Å². The molecule has 0 radical (unpaired) electrons. The molecule has 0 fully saturated rings. The van der Waals surface area contributed by atoms with Crippen LogP contribution in [-0.2, 0) is 21.2 Å². The third-order valence-electron chi connectivity index (χ3n) is 4.46. The van der Waals surface area contributed by atoms with E-state index in [4.69, 9.17) is 4.74 Å². The Morgan fingerprint density at radius 2 is 2.03 bits per heavy atom. The zero-order valence-corrected chi connectivity index (χ0v) is 18.6. The number of carbonyl (C=O) groups is 1. The molecule has 0 saturated heterocycles. The minimum atomic E-state index is -3.46.